The normalized spacial score (nSPS) is 13.4. The van der Waals surface area contributed by atoms with E-state index in [-0.39, 0.29) is 22.7 Å². The summed E-state index contributed by atoms with van der Waals surface area (Å²) in [5.74, 6) is -1.85. The first kappa shape index (κ1) is 9.32. The first-order valence-electron chi connectivity index (χ1n) is 4.11. The van der Waals surface area contributed by atoms with E-state index < -0.39 is 11.9 Å². The minimum absolute atomic E-state index is 0.0604. The molecule has 0 radical (unpaired) electrons. The quantitative estimate of drug-likeness (QED) is 0.529. The summed E-state index contributed by atoms with van der Waals surface area (Å²) in [7, 11) is 0. The number of aromatic nitrogens is 1. The van der Waals surface area contributed by atoms with Crippen LogP contribution in [0.15, 0.2) is 12.4 Å². The van der Waals surface area contributed by atoms with Crippen molar-refractivity contribution in [2.24, 2.45) is 0 Å². The Hall–Kier alpha value is -2.24. The van der Waals surface area contributed by atoms with E-state index >= 15 is 0 Å². The van der Waals surface area contributed by atoms with Crippen molar-refractivity contribution in [1.82, 2.24) is 4.98 Å². The Morgan fingerprint density at radius 3 is 2.73 bits per heavy atom. The molecule has 1 aromatic rings. The molecule has 6 heteroatoms. The zero-order chi connectivity index (χ0) is 11.0. The lowest BCUT2D eigenvalue weighted by Gasteiger charge is -2.03. The fourth-order valence-corrected chi connectivity index (χ4v) is 1.31. The summed E-state index contributed by atoms with van der Waals surface area (Å²) in [6.07, 6.45) is 2.52. The standard InChI is InChI=1S/C9H6N2O4/c1-4(12)11-6-3-10-2-5-7(6)9(14)15-8(5)13/h2-3H,1H3,(H,11,12). The van der Waals surface area contributed by atoms with Gasteiger partial charge in [-0.1, -0.05) is 0 Å². The summed E-state index contributed by atoms with van der Waals surface area (Å²) < 4.78 is 4.38. The second-order valence-corrected chi connectivity index (χ2v) is 2.97. The zero-order valence-electron chi connectivity index (χ0n) is 7.73. The van der Waals surface area contributed by atoms with Gasteiger partial charge >= 0.3 is 11.9 Å². The molecule has 2 rings (SSSR count). The topological polar surface area (TPSA) is 85.4 Å². The van der Waals surface area contributed by atoms with E-state index in [4.69, 9.17) is 0 Å². The summed E-state index contributed by atoms with van der Waals surface area (Å²) in [5, 5.41) is 2.40. The predicted molar refractivity (Wildman–Crippen MR) is 48.3 cm³/mol. The molecule has 0 spiro atoms. The number of anilines is 1. The minimum Gasteiger partial charge on any atom is -0.386 e. The maximum Gasteiger partial charge on any atom is 0.349 e. The number of hydrogen-bond acceptors (Lipinski definition) is 5. The van der Waals surface area contributed by atoms with Crippen molar-refractivity contribution in [2.75, 3.05) is 5.32 Å². The number of cyclic esters (lactones) is 2. The molecule has 0 atom stereocenters. The van der Waals surface area contributed by atoms with Crippen LogP contribution >= 0.6 is 0 Å². The molecule has 0 fully saturated rings. The number of rotatable bonds is 1. The van der Waals surface area contributed by atoms with Crippen LogP contribution in [0.25, 0.3) is 0 Å². The smallest absolute Gasteiger partial charge is 0.349 e. The number of esters is 2. The third-order valence-electron chi connectivity index (χ3n) is 1.87. The van der Waals surface area contributed by atoms with E-state index in [1.165, 1.54) is 19.3 Å². The Labute approximate surface area is 84.3 Å². The molecule has 1 aromatic heterocycles. The Bertz CT molecular complexity index is 481. The van der Waals surface area contributed by atoms with E-state index in [1.807, 2.05) is 0 Å². The van der Waals surface area contributed by atoms with Crippen molar-refractivity contribution in [3.63, 3.8) is 0 Å². The maximum atomic E-state index is 11.3. The van der Waals surface area contributed by atoms with Crippen LogP contribution in [0.3, 0.4) is 0 Å². The lowest BCUT2D eigenvalue weighted by Crippen LogP contribution is -2.10. The SMILES string of the molecule is CC(=O)Nc1cncc2c1C(=O)OC2=O. The number of carbonyl (C=O) groups is 3. The summed E-state index contributed by atoms with van der Waals surface area (Å²) in [6, 6.07) is 0. The molecule has 0 bridgehead atoms. The Morgan fingerprint density at radius 2 is 2.07 bits per heavy atom. The van der Waals surface area contributed by atoms with E-state index in [0.717, 1.165) is 0 Å². The van der Waals surface area contributed by atoms with Crippen molar-refractivity contribution in [3.8, 4) is 0 Å². The molecule has 76 valence electrons. The van der Waals surface area contributed by atoms with Crippen molar-refractivity contribution < 1.29 is 19.1 Å². The molecular formula is C9H6N2O4. The number of nitrogens with zero attached hydrogens (tertiary/aromatic N) is 1. The molecule has 1 N–H and O–H groups in total. The van der Waals surface area contributed by atoms with Crippen molar-refractivity contribution in [2.45, 2.75) is 6.92 Å². The van der Waals surface area contributed by atoms with Crippen LogP contribution < -0.4 is 5.32 Å². The summed E-state index contributed by atoms with van der Waals surface area (Å²) in [4.78, 5) is 36.9. The highest BCUT2D eigenvalue weighted by atomic mass is 16.6. The van der Waals surface area contributed by atoms with Gasteiger partial charge in [0.25, 0.3) is 0 Å². The Balaban J connectivity index is 2.55. The minimum atomic E-state index is -0.763. The second kappa shape index (κ2) is 3.16. The first-order chi connectivity index (χ1) is 7.09. The van der Waals surface area contributed by atoms with Gasteiger partial charge in [-0.25, -0.2) is 9.59 Å². The molecule has 0 saturated carbocycles. The van der Waals surface area contributed by atoms with Gasteiger partial charge in [0.2, 0.25) is 5.91 Å². The predicted octanol–water partition coefficient (Wildman–Crippen LogP) is 0.351. The summed E-state index contributed by atoms with van der Waals surface area (Å²) >= 11 is 0. The second-order valence-electron chi connectivity index (χ2n) is 2.97. The van der Waals surface area contributed by atoms with Gasteiger partial charge < -0.3 is 10.1 Å². The van der Waals surface area contributed by atoms with Gasteiger partial charge in [-0.05, 0) is 0 Å². The van der Waals surface area contributed by atoms with Gasteiger partial charge in [0.15, 0.2) is 0 Å². The van der Waals surface area contributed by atoms with Crippen LogP contribution in [0.4, 0.5) is 5.69 Å². The molecule has 2 heterocycles. The number of carbonyl (C=O) groups excluding carboxylic acids is 3. The zero-order valence-corrected chi connectivity index (χ0v) is 7.73. The summed E-state index contributed by atoms with van der Waals surface area (Å²) in [5.41, 5.74) is 0.326. The molecule has 0 saturated heterocycles. The lowest BCUT2D eigenvalue weighted by molar-refractivity contribution is -0.114. The van der Waals surface area contributed by atoms with E-state index in [2.05, 4.69) is 15.0 Å². The Kier molecular flexibility index (Phi) is 1.96. The summed E-state index contributed by atoms with van der Waals surface area (Å²) in [6.45, 7) is 1.29. The molecular weight excluding hydrogens is 200 g/mol. The molecule has 1 aliphatic rings. The maximum absolute atomic E-state index is 11.3. The van der Waals surface area contributed by atoms with Crippen LogP contribution in [0, 0.1) is 0 Å². The first-order valence-corrected chi connectivity index (χ1v) is 4.11. The fraction of sp³-hybridized carbons (Fsp3) is 0.111. The number of ether oxygens (including phenoxy) is 1. The number of pyridine rings is 1. The third-order valence-corrected chi connectivity index (χ3v) is 1.87. The Morgan fingerprint density at radius 1 is 1.33 bits per heavy atom. The molecule has 0 unspecified atom stereocenters. The highest BCUT2D eigenvalue weighted by Crippen LogP contribution is 2.25. The van der Waals surface area contributed by atoms with E-state index in [0.29, 0.717) is 0 Å². The molecule has 6 nitrogen and oxygen atoms in total. The van der Waals surface area contributed by atoms with Gasteiger partial charge in [-0.3, -0.25) is 9.78 Å². The third kappa shape index (κ3) is 1.45. The largest absolute Gasteiger partial charge is 0.386 e. The van der Waals surface area contributed by atoms with Crippen LogP contribution in [0.1, 0.15) is 27.6 Å². The molecule has 15 heavy (non-hydrogen) atoms. The van der Waals surface area contributed by atoms with Crippen molar-refractivity contribution >= 4 is 23.5 Å². The number of fused-ring (bicyclic) bond motifs is 1. The van der Waals surface area contributed by atoms with Gasteiger partial charge in [0.05, 0.1) is 17.4 Å². The van der Waals surface area contributed by atoms with Crippen LogP contribution in [0.2, 0.25) is 0 Å². The van der Waals surface area contributed by atoms with Gasteiger partial charge in [0, 0.05) is 13.1 Å². The number of nitrogens with one attached hydrogen (secondary N) is 1. The molecule has 0 aromatic carbocycles. The molecule has 0 aliphatic carbocycles. The number of amides is 1. The van der Waals surface area contributed by atoms with Crippen LogP contribution in [-0.2, 0) is 9.53 Å². The lowest BCUT2D eigenvalue weighted by atomic mass is 10.1. The van der Waals surface area contributed by atoms with Gasteiger partial charge in [-0.15, -0.1) is 0 Å². The average molecular weight is 206 g/mol. The van der Waals surface area contributed by atoms with E-state index in [9.17, 15) is 14.4 Å². The highest BCUT2D eigenvalue weighted by Gasteiger charge is 2.32. The van der Waals surface area contributed by atoms with Gasteiger partial charge in [-0.2, -0.15) is 0 Å². The van der Waals surface area contributed by atoms with Crippen LogP contribution in [-0.4, -0.2) is 22.8 Å². The van der Waals surface area contributed by atoms with Crippen molar-refractivity contribution in [1.29, 1.82) is 0 Å². The molecule has 1 aliphatic heterocycles. The van der Waals surface area contributed by atoms with Gasteiger partial charge in [0.1, 0.15) is 5.56 Å². The monoisotopic (exact) mass is 206 g/mol. The fourth-order valence-electron chi connectivity index (χ4n) is 1.31. The average Bonchev–Trinajstić information content (AvgIpc) is 2.43. The van der Waals surface area contributed by atoms with Crippen LogP contribution in [0.5, 0.6) is 0 Å². The molecule has 1 amide bonds. The van der Waals surface area contributed by atoms with E-state index in [1.54, 1.807) is 0 Å². The number of hydrogen-bond donors (Lipinski definition) is 1. The highest BCUT2D eigenvalue weighted by molar-refractivity contribution is 6.18. The van der Waals surface area contributed by atoms with Crippen molar-refractivity contribution in [3.05, 3.63) is 23.5 Å².